The van der Waals surface area contributed by atoms with E-state index in [9.17, 15) is 0 Å². The Labute approximate surface area is 95.4 Å². The number of rotatable bonds is 1. The van der Waals surface area contributed by atoms with Crippen molar-refractivity contribution in [2.75, 3.05) is 5.73 Å². The van der Waals surface area contributed by atoms with Crippen LogP contribution in [-0.4, -0.2) is 9.55 Å². The summed E-state index contributed by atoms with van der Waals surface area (Å²) in [4.78, 5) is 3.95. The molecule has 2 N–H and O–H groups in total. The van der Waals surface area contributed by atoms with E-state index >= 15 is 0 Å². The molecule has 4 heteroatoms. The van der Waals surface area contributed by atoms with Crippen LogP contribution in [0.5, 0.6) is 0 Å². The zero-order chi connectivity index (χ0) is 8.39. The van der Waals surface area contributed by atoms with Crippen LogP contribution in [0.15, 0.2) is 43.0 Å². The Bertz CT molecular complexity index is 353. The average molecular weight is 204 g/mol. The fourth-order valence-corrected chi connectivity index (χ4v) is 1.06. The number of anilines is 1. The van der Waals surface area contributed by atoms with Crippen LogP contribution in [-0.2, 0) is 25.8 Å². The molecule has 13 heavy (non-hydrogen) atoms. The Balaban J connectivity index is 0.000000845. The van der Waals surface area contributed by atoms with Crippen LogP contribution in [0, 0.1) is 0 Å². The van der Waals surface area contributed by atoms with Gasteiger partial charge in [0.1, 0.15) is 0 Å². The minimum Gasteiger partial charge on any atom is -0.399 e. The van der Waals surface area contributed by atoms with E-state index < -0.39 is 0 Å². The van der Waals surface area contributed by atoms with Gasteiger partial charge in [0, 0.05) is 49.6 Å². The maximum absolute atomic E-state index is 5.56. The standard InChI is InChI=1S/C9H9N3.Sc/c10-8-1-3-9(4-2-8)12-6-5-11-7-12;/h1-7H,10H2;. The minimum absolute atomic E-state index is 0. The molecule has 0 aliphatic heterocycles. The van der Waals surface area contributed by atoms with Gasteiger partial charge in [-0.05, 0) is 24.3 Å². The molecule has 1 aromatic carbocycles. The third-order valence-electron chi connectivity index (χ3n) is 1.70. The van der Waals surface area contributed by atoms with Crippen molar-refractivity contribution in [3.63, 3.8) is 0 Å². The normalized spacial score (nSPS) is 9.23. The van der Waals surface area contributed by atoms with Crippen molar-refractivity contribution in [2.24, 2.45) is 0 Å². The first kappa shape index (κ1) is 10.2. The summed E-state index contributed by atoms with van der Waals surface area (Å²) in [6.07, 6.45) is 5.40. The molecule has 1 aromatic heterocycles. The summed E-state index contributed by atoms with van der Waals surface area (Å²) in [5.41, 5.74) is 7.40. The van der Waals surface area contributed by atoms with Gasteiger partial charge >= 0.3 is 0 Å². The Hall–Kier alpha value is -0.900. The Morgan fingerprint density at radius 1 is 1.15 bits per heavy atom. The topological polar surface area (TPSA) is 43.8 Å². The fraction of sp³-hybridized carbons (Fsp3) is 0. The Morgan fingerprint density at radius 3 is 2.38 bits per heavy atom. The van der Waals surface area contributed by atoms with Gasteiger partial charge in [-0.2, -0.15) is 0 Å². The molecule has 1 heterocycles. The summed E-state index contributed by atoms with van der Waals surface area (Å²) in [6.45, 7) is 0. The van der Waals surface area contributed by atoms with Crippen LogP contribution in [0.25, 0.3) is 5.69 Å². The summed E-state index contributed by atoms with van der Waals surface area (Å²) in [6, 6.07) is 7.65. The summed E-state index contributed by atoms with van der Waals surface area (Å²) in [5.74, 6) is 0. The molecular weight excluding hydrogens is 195 g/mol. The maximum atomic E-state index is 5.56. The zero-order valence-electron chi connectivity index (χ0n) is 7.09. The van der Waals surface area contributed by atoms with Crippen LogP contribution in [0.2, 0.25) is 0 Å². The second-order valence-electron chi connectivity index (χ2n) is 2.56. The van der Waals surface area contributed by atoms with E-state index in [2.05, 4.69) is 4.98 Å². The van der Waals surface area contributed by atoms with Crippen LogP contribution < -0.4 is 5.73 Å². The van der Waals surface area contributed by atoms with E-state index in [0.717, 1.165) is 11.4 Å². The SMILES string of the molecule is Nc1ccc(-n2ccnc2)cc1.[Sc]. The van der Waals surface area contributed by atoms with Crippen molar-refractivity contribution in [3.05, 3.63) is 43.0 Å². The summed E-state index contributed by atoms with van der Waals surface area (Å²) < 4.78 is 1.93. The summed E-state index contributed by atoms with van der Waals surface area (Å²) >= 11 is 0. The molecule has 3 nitrogen and oxygen atoms in total. The molecule has 0 saturated carbocycles. The molecule has 0 fully saturated rings. The van der Waals surface area contributed by atoms with Crippen molar-refractivity contribution < 1.29 is 25.8 Å². The summed E-state index contributed by atoms with van der Waals surface area (Å²) in [5, 5.41) is 0. The van der Waals surface area contributed by atoms with Crippen LogP contribution in [0.4, 0.5) is 5.69 Å². The smallest absolute Gasteiger partial charge is 0.0991 e. The number of nitrogens with zero attached hydrogens (tertiary/aromatic N) is 2. The molecule has 0 aliphatic rings. The largest absolute Gasteiger partial charge is 0.399 e. The predicted molar refractivity (Wildman–Crippen MR) is 48.0 cm³/mol. The first-order valence-corrected chi connectivity index (χ1v) is 3.70. The minimum atomic E-state index is 0. The third-order valence-corrected chi connectivity index (χ3v) is 1.70. The molecule has 0 bridgehead atoms. The molecule has 0 unspecified atom stereocenters. The van der Waals surface area contributed by atoms with Gasteiger partial charge in [0.2, 0.25) is 0 Å². The van der Waals surface area contributed by atoms with Crippen LogP contribution in [0.1, 0.15) is 0 Å². The first-order chi connectivity index (χ1) is 5.86. The van der Waals surface area contributed by atoms with Crippen molar-refractivity contribution in [1.29, 1.82) is 0 Å². The molecule has 0 saturated heterocycles. The van der Waals surface area contributed by atoms with Gasteiger partial charge < -0.3 is 10.3 Å². The number of hydrogen-bond donors (Lipinski definition) is 1. The molecule has 0 spiro atoms. The van der Waals surface area contributed by atoms with Gasteiger partial charge in [-0.3, -0.25) is 0 Å². The molecule has 2 aromatic rings. The van der Waals surface area contributed by atoms with Crippen molar-refractivity contribution in [2.45, 2.75) is 0 Å². The quantitative estimate of drug-likeness (QED) is 0.714. The van der Waals surface area contributed by atoms with Gasteiger partial charge in [-0.15, -0.1) is 0 Å². The molecule has 2 rings (SSSR count). The van der Waals surface area contributed by atoms with E-state index in [4.69, 9.17) is 5.73 Å². The van der Waals surface area contributed by atoms with Gasteiger partial charge in [0.05, 0.1) is 6.33 Å². The van der Waals surface area contributed by atoms with Crippen LogP contribution in [0.3, 0.4) is 0 Å². The molecule has 0 atom stereocenters. The Kier molecular flexibility index (Phi) is 3.42. The van der Waals surface area contributed by atoms with E-state index in [1.807, 2.05) is 35.0 Å². The number of hydrogen-bond acceptors (Lipinski definition) is 2. The fourth-order valence-electron chi connectivity index (χ4n) is 1.06. The molecular formula is C9H9N3Sc. The van der Waals surface area contributed by atoms with Gasteiger partial charge in [0.25, 0.3) is 0 Å². The third kappa shape index (κ3) is 2.28. The van der Waals surface area contributed by atoms with E-state index in [1.165, 1.54) is 0 Å². The van der Waals surface area contributed by atoms with Crippen molar-refractivity contribution in [1.82, 2.24) is 9.55 Å². The maximum Gasteiger partial charge on any atom is 0.0991 e. The number of imidazole rings is 1. The number of benzene rings is 1. The molecule has 0 aliphatic carbocycles. The van der Waals surface area contributed by atoms with Crippen LogP contribution >= 0.6 is 0 Å². The summed E-state index contributed by atoms with van der Waals surface area (Å²) in [7, 11) is 0. The van der Waals surface area contributed by atoms with E-state index in [0.29, 0.717) is 0 Å². The number of nitrogens with two attached hydrogens (primary N) is 1. The van der Waals surface area contributed by atoms with E-state index in [-0.39, 0.29) is 25.8 Å². The zero-order valence-corrected chi connectivity index (χ0v) is 8.89. The second kappa shape index (κ2) is 4.37. The van der Waals surface area contributed by atoms with Crippen molar-refractivity contribution >= 4 is 5.69 Å². The van der Waals surface area contributed by atoms with Crippen molar-refractivity contribution in [3.8, 4) is 5.69 Å². The Morgan fingerprint density at radius 2 is 1.85 bits per heavy atom. The van der Waals surface area contributed by atoms with E-state index in [1.54, 1.807) is 12.5 Å². The average Bonchev–Trinajstić information content (AvgIpc) is 2.58. The van der Waals surface area contributed by atoms with Gasteiger partial charge in [-0.1, -0.05) is 0 Å². The number of aromatic nitrogens is 2. The monoisotopic (exact) mass is 204 g/mol. The molecule has 1 radical (unpaired) electrons. The number of nitrogen functional groups attached to an aromatic ring is 1. The van der Waals surface area contributed by atoms with Gasteiger partial charge in [-0.25, -0.2) is 4.98 Å². The molecule has 63 valence electrons. The molecule has 0 amide bonds. The second-order valence-corrected chi connectivity index (χ2v) is 2.56. The predicted octanol–water partition coefficient (Wildman–Crippen LogP) is 1.45. The van der Waals surface area contributed by atoms with Gasteiger partial charge in [0.15, 0.2) is 0 Å². The first-order valence-electron chi connectivity index (χ1n) is 3.70.